The number of rotatable bonds is 3. The van der Waals surface area contributed by atoms with Crippen LogP contribution in [0.4, 0.5) is 10.5 Å². The fourth-order valence-corrected chi connectivity index (χ4v) is 5.08. The first-order chi connectivity index (χ1) is 14.1. The Hall–Kier alpha value is -2.08. The van der Waals surface area contributed by atoms with Gasteiger partial charge in [-0.15, -0.1) is 0 Å². The lowest BCUT2D eigenvalue weighted by Crippen LogP contribution is -2.52. The van der Waals surface area contributed by atoms with E-state index in [1.807, 2.05) is 36.1 Å². The molecule has 3 saturated heterocycles. The molecule has 3 amide bonds. The molecule has 6 nitrogen and oxygen atoms in total. The standard InChI is InChI=1S/C23H34N4O2/c1-18-7-2-3-9-21(18)24-23(29)26-15-10-20(11-16-26)27-14-6-8-19(17-27)22(28)25-12-4-5-13-25/h2-3,7,9,19-20H,4-6,8,10-17H2,1H3,(H,24,29)/t19-/m0/s1. The first-order valence-electron chi connectivity index (χ1n) is 11.3. The van der Waals surface area contributed by atoms with Crippen molar-refractivity contribution in [3.63, 3.8) is 0 Å². The van der Waals surface area contributed by atoms with Crippen LogP contribution in [-0.2, 0) is 4.79 Å². The second-order valence-corrected chi connectivity index (χ2v) is 8.83. The third kappa shape index (κ3) is 4.74. The molecule has 0 spiro atoms. The van der Waals surface area contributed by atoms with Crippen LogP contribution in [0.25, 0.3) is 0 Å². The largest absolute Gasteiger partial charge is 0.342 e. The summed E-state index contributed by atoms with van der Waals surface area (Å²) in [5.74, 6) is 0.548. The zero-order valence-corrected chi connectivity index (χ0v) is 17.6. The summed E-state index contributed by atoms with van der Waals surface area (Å²) in [7, 11) is 0. The number of para-hydroxylation sites is 1. The SMILES string of the molecule is Cc1ccccc1NC(=O)N1CCC(N2CCC[C@H](C(=O)N3CCCC3)C2)CC1. The van der Waals surface area contributed by atoms with Gasteiger partial charge in [-0.25, -0.2) is 4.79 Å². The van der Waals surface area contributed by atoms with Gasteiger partial charge < -0.3 is 15.1 Å². The minimum absolute atomic E-state index is 0.00141. The lowest BCUT2D eigenvalue weighted by molar-refractivity contribution is -0.136. The molecule has 1 aromatic rings. The van der Waals surface area contributed by atoms with Crippen molar-refractivity contribution < 1.29 is 9.59 Å². The van der Waals surface area contributed by atoms with E-state index in [9.17, 15) is 9.59 Å². The molecule has 3 heterocycles. The second-order valence-electron chi connectivity index (χ2n) is 8.83. The summed E-state index contributed by atoms with van der Waals surface area (Å²) in [6.07, 6.45) is 6.44. The van der Waals surface area contributed by atoms with Crippen molar-refractivity contribution in [2.24, 2.45) is 5.92 Å². The van der Waals surface area contributed by atoms with Gasteiger partial charge in [-0.1, -0.05) is 18.2 Å². The van der Waals surface area contributed by atoms with Gasteiger partial charge >= 0.3 is 6.03 Å². The summed E-state index contributed by atoms with van der Waals surface area (Å²) >= 11 is 0. The molecule has 0 saturated carbocycles. The van der Waals surface area contributed by atoms with Crippen molar-refractivity contribution in [1.82, 2.24) is 14.7 Å². The highest BCUT2D eigenvalue weighted by Gasteiger charge is 2.34. The van der Waals surface area contributed by atoms with E-state index in [2.05, 4.69) is 15.1 Å². The van der Waals surface area contributed by atoms with Gasteiger partial charge in [0.05, 0.1) is 5.92 Å². The number of nitrogens with zero attached hydrogens (tertiary/aromatic N) is 3. The molecule has 0 aromatic heterocycles. The van der Waals surface area contributed by atoms with E-state index < -0.39 is 0 Å². The molecule has 6 heteroatoms. The fraction of sp³-hybridized carbons (Fsp3) is 0.652. The average molecular weight is 399 g/mol. The maximum Gasteiger partial charge on any atom is 0.321 e. The maximum atomic E-state index is 12.8. The molecule has 0 unspecified atom stereocenters. The molecular weight excluding hydrogens is 364 g/mol. The number of piperidine rings is 2. The van der Waals surface area contributed by atoms with E-state index in [4.69, 9.17) is 0 Å². The Balaban J connectivity index is 1.27. The molecule has 0 bridgehead atoms. The summed E-state index contributed by atoms with van der Waals surface area (Å²) in [4.78, 5) is 32.0. The summed E-state index contributed by atoms with van der Waals surface area (Å²) in [5.41, 5.74) is 1.97. The molecule has 1 aromatic carbocycles. The van der Waals surface area contributed by atoms with Gasteiger partial charge in [0, 0.05) is 44.5 Å². The Morgan fingerprint density at radius 3 is 2.34 bits per heavy atom. The quantitative estimate of drug-likeness (QED) is 0.850. The Kier molecular flexibility index (Phi) is 6.38. The smallest absolute Gasteiger partial charge is 0.321 e. The van der Waals surface area contributed by atoms with Crippen molar-refractivity contribution in [1.29, 1.82) is 0 Å². The van der Waals surface area contributed by atoms with Crippen molar-refractivity contribution >= 4 is 17.6 Å². The number of anilines is 1. The van der Waals surface area contributed by atoms with Gasteiger partial charge in [-0.3, -0.25) is 9.69 Å². The number of hydrogen-bond donors (Lipinski definition) is 1. The highest BCUT2D eigenvalue weighted by molar-refractivity contribution is 5.90. The molecule has 3 fully saturated rings. The third-order valence-electron chi connectivity index (χ3n) is 6.87. The van der Waals surface area contributed by atoms with Crippen LogP contribution in [0.5, 0.6) is 0 Å². The molecule has 1 atom stereocenters. The number of aryl methyl sites for hydroxylation is 1. The number of benzene rings is 1. The molecule has 3 aliphatic rings. The fourth-order valence-electron chi connectivity index (χ4n) is 5.08. The van der Waals surface area contributed by atoms with E-state index in [1.54, 1.807) is 0 Å². The van der Waals surface area contributed by atoms with E-state index in [1.165, 1.54) is 0 Å². The Morgan fingerprint density at radius 1 is 0.897 bits per heavy atom. The van der Waals surface area contributed by atoms with E-state index in [0.717, 1.165) is 89.0 Å². The Morgan fingerprint density at radius 2 is 1.62 bits per heavy atom. The van der Waals surface area contributed by atoms with Crippen LogP contribution in [-0.4, -0.2) is 71.9 Å². The topological polar surface area (TPSA) is 55.9 Å². The average Bonchev–Trinajstić information content (AvgIpc) is 3.30. The summed E-state index contributed by atoms with van der Waals surface area (Å²) < 4.78 is 0. The Bertz CT molecular complexity index is 723. The number of nitrogens with one attached hydrogen (secondary N) is 1. The minimum Gasteiger partial charge on any atom is -0.342 e. The lowest BCUT2D eigenvalue weighted by atomic mass is 9.93. The molecule has 1 N–H and O–H groups in total. The van der Waals surface area contributed by atoms with E-state index >= 15 is 0 Å². The molecule has 3 aliphatic heterocycles. The van der Waals surface area contributed by atoms with Crippen LogP contribution in [0.1, 0.15) is 44.1 Å². The van der Waals surface area contributed by atoms with Gasteiger partial charge in [0.25, 0.3) is 0 Å². The Labute approximate surface area is 174 Å². The third-order valence-corrected chi connectivity index (χ3v) is 6.87. The van der Waals surface area contributed by atoms with Crippen LogP contribution in [0, 0.1) is 12.8 Å². The van der Waals surface area contributed by atoms with Crippen molar-refractivity contribution in [2.75, 3.05) is 44.6 Å². The predicted octanol–water partition coefficient (Wildman–Crippen LogP) is 3.33. The molecule has 0 radical (unpaired) electrons. The number of carbonyl (C=O) groups is 2. The normalized spacial score (nSPS) is 24.0. The lowest BCUT2D eigenvalue weighted by Gasteiger charge is -2.42. The van der Waals surface area contributed by atoms with Gasteiger partial charge in [-0.05, 0) is 63.6 Å². The van der Waals surface area contributed by atoms with Crippen LogP contribution >= 0.6 is 0 Å². The predicted molar refractivity (Wildman–Crippen MR) is 115 cm³/mol. The highest BCUT2D eigenvalue weighted by Crippen LogP contribution is 2.26. The number of carbonyl (C=O) groups excluding carboxylic acids is 2. The van der Waals surface area contributed by atoms with Crippen molar-refractivity contribution in [2.45, 2.75) is 51.5 Å². The van der Waals surface area contributed by atoms with Gasteiger partial charge in [0.15, 0.2) is 0 Å². The second kappa shape index (κ2) is 9.16. The maximum absolute atomic E-state index is 12.8. The molecule has 29 heavy (non-hydrogen) atoms. The van der Waals surface area contributed by atoms with E-state index in [0.29, 0.717) is 11.9 Å². The monoisotopic (exact) mass is 398 g/mol. The van der Waals surface area contributed by atoms with Crippen LogP contribution in [0.2, 0.25) is 0 Å². The highest BCUT2D eigenvalue weighted by atomic mass is 16.2. The van der Waals surface area contributed by atoms with Gasteiger partial charge in [-0.2, -0.15) is 0 Å². The first-order valence-corrected chi connectivity index (χ1v) is 11.3. The number of hydrogen-bond acceptors (Lipinski definition) is 3. The molecule has 158 valence electrons. The molecular formula is C23H34N4O2. The van der Waals surface area contributed by atoms with Crippen LogP contribution in [0.15, 0.2) is 24.3 Å². The molecule has 0 aliphatic carbocycles. The van der Waals surface area contributed by atoms with Gasteiger partial charge in [0.2, 0.25) is 5.91 Å². The summed E-state index contributed by atoms with van der Waals surface area (Å²) in [5, 5.41) is 3.05. The zero-order valence-electron chi connectivity index (χ0n) is 17.6. The zero-order chi connectivity index (χ0) is 20.2. The van der Waals surface area contributed by atoms with Gasteiger partial charge in [0.1, 0.15) is 0 Å². The summed E-state index contributed by atoms with van der Waals surface area (Å²) in [6.45, 7) is 7.46. The number of urea groups is 1. The molecule has 4 rings (SSSR count). The van der Waals surface area contributed by atoms with Crippen LogP contribution < -0.4 is 5.32 Å². The van der Waals surface area contributed by atoms with Crippen molar-refractivity contribution in [3.8, 4) is 0 Å². The van der Waals surface area contributed by atoms with Crippen LogP contribution in [0.3, 0.4) is 0 Å². The minimum atomic E-state index is -0.00141. The summed E-state index contributed by atoms with van der Waals surface area (Å²) in [6, 6.07) is 8.38. The number of amides is 3. The van der Waals surface area contributed by atoms with E-state index in [-0.39, 0.29) is 11.9 Å². The number of likely N-dealkylation sites (tertiary alicyclic amines) is 3. The van der Waals surface area contributed by atoms with Crippen molar-refractivity contribution in [3.05, 3.63) is 29.8 Å². The first kappa shape index (κ1) is 20.2.